The number of sulfonamides is 1. The Kier molecular flexibility index (Phi) is 4.85. The smallest absolute Gasteiger partial charge is 0.264 e. The first-order chi connectivity index (χ1) is 12.1. The van der Waals surface area contributed by atoms with Crippen LogP contribution in [-0.4, -0.2) is 35.3 Å². The molecular weight excluding hydrogens is 342 g/mol. The molecule has 25 heavy (non-hydrogen) atoms. The van der Waals surface area contributed by atoms with Gasteiger partial charge in [0.25, 0.3) is 10.0 Å². The molecule has 6 nitrogen and oxygen atoms in total. The molecule has 132 valence electrons. The van der Waals surface area contributed by atoms with Crippen molar-refractivity contribution >= 4 is 15.7 Å². The van der Waals surface area contributed by atoms with E-state index in [0.29, 0.717) is 36.1 Å². The van der Waals surface area contributed by atoms with Crippen LogP contribution in [0.3, 0.4) is 0 Å². The van der Waals surface area contributed by atoms with Gasteiger partial charge in [-0.25, -0.2) is 8.42 Å². The van der Waals surface area contributed by atoms with Gasteiger partial charge in [-0.3, -0.25) is 4.31 Å². The number of methoxy groups -OCH3 is 1. The number of rotatable bonds is 6. The van der Waals surface area contributed by atoms with Gasteiger partial charge in [-0.2, -0.15) is 0 Å². The molecule has 2 aromatic carbocycles. The zero-order valence-corrected chi connectivity index (χ0v) is 14.7. The maximum absolute atomic E-state index is 13.1. The molecule has 0 saturated heterocycles. The highest BCUT2D eigenvalue weighted by Gasteiger charge is 2.26. The van der Waals surface area contributed by atoms with Gasteiger partial charge in [-0.1, -0.05) is 6.08 Å². The number of ether oxygens (including phenoxy) is 3. The molecule has 3 rings (SSSR count). The molecule has 0 amide bonds. The first kappa shape index (κ1) is 17.2. The molecule has 0 atom stereocenters. The molecule has 0 bridgehead atoms. The number of hydrogen-bond donors (Lipinski definition) is 0. The fraction of sp³-hybridized carbons (Fsp3) is 0.222. The first-order valence-corrected chi connectivity index (χ1v) is 9.17. The second kappa shape index (κ2) is 7.06. The molecule has 0 radical (unpaired) electrons. The molecular formula is C18H19NO5S. The van der Waals surface area contributed by atoms with Crippen molar-refractivity contribution in [1.82, 2.24) is 0 Å². The summed E-state index contributed by atoms with van der Waals surface area (Å²) in [6, 6.07) is 11.4. The van der Waals surface area contributed by atoms with Crippen LogP contribution < -0.4 is 18.5 Å². The van der Waals surface area contributed by atoms with Gasteiger partial charge in [0, 0.05) is 6.07 Å². The van der Waals surface area contributed by atoms with Crippen LogP contribution in [0, 0.1) is 0 Å². The summed E-state index contributed by atoms with van der Waals surface area (Å²) in [5, 5.41) is 0. The van der Waals surface area contributed by atoms with Crippen molar-refractivity contribution in [2.75, 3.05) is 31.2 Å². The lowest BCUT2D eigenvalue weighted by molar-refractivity contribution is 0.171. The summed E-state index contributed by atoms with van der Waals surface area (Å²) in [5.74, 6) is 1.63. The van der Waals surface area contributed by atoms with E-state index in [4.69, 9.17) is 14.2 Å². The van der Waals surface area contributed by atoms with Crippen molar-refractivity contribution in [3.05, 3.63) is 55.1 Å². The van der Waals surface area contributed by atoms with E-state index in [1.807, 2.05) is 0 Å². The van der Waals surface area contributed by atoms with Crippen molar-refractivity contribution in [3.63, 3.8) is 0 Å². The second-order valence-electron chi connectivity index (χ2n) is 5.33. The van der Waals surface area contributed by atoms with Gasteiger partial charge in [0.05, 0.1) is 24.2 Å². The third-order valence-corrected chi connectivity index (χ3v) is 5.55. The van der Waals surface area contributed by atoms with E-state index in [1.165, 1.54) is 16.4 Å². The van der Waals surface area contributed by atoms with Gasteiger partial charge in [-0.05, 0) is 36.4 Å². The maximum Gasteiger partial charge on any atom is 0.264 e. The predicted octanol–water partition coefficient (Wildman–Crippen LogP) is 2.85. The Morgan fingerprint density at radius 3 is 2.44 bits per heavy atom. The van der Waals surface area contributed by atoms with Crippen LogP contribution in [0.5, 0.6) is 17.2 Å². The number of anilines is 1. The lowest BCUT2D eigenvalue weighted by Gasteiger charge is -2.24. The number of fused-ring (bicyclic) bond motifs is 1. The predicted molar refractivity (Wildman–Crippen MR) is 95.2 cm³/mol. The quantitative estimate of drug-likeness (QED) is 0.740. The minimum Gasteiger partial charge on any atom is -0.497 e. The van der Waals surface area contributed by atoms with Crippen LogP contribution in [0.25, 0.3) is 0 Å². The lowest BCUT2D eigenvalue weighted by atomic mass is 10.3. The van der Waals surface area contributed by atoms with Crippen LogP contribution in [-0.2, 0) is 10.0 Å². The molecule has 0 aromatic heterocycles. The normalized spacial score (nSPS) is 13.2. The number of nitrogens with zero attached hydrogens (tertiary/aromatic N) is 1. The van der Waals surface area contributed by atoms with Gasteiger partial charge in [0.1, 0.15) is 19.0 Å². The molecule has 1 aliphatic heterocycles. The largest absolute Gasteiger partial charge is 0.497 e. The fourth-order valence-corrected chi connectivity index (χ4v) is 3.97. The molecule has 0 spiro atoms. The Morgan fingerprint density at radius 1 is 1.12 bits per heavy atom. The minimum absolute atomic E-state index is 0.134. The summed E-state index contributed by atoms with van der Waals surface area (Å²) in [6.07, 6.45) is 1.54. The zero-order valence-electron chi connectivity index (χ0n) is 13.8. The van der Waals surface area contributed by atoms with Crippen LogP contribution in [0.2, 0.25) is 0 Å². The standard InChI is InChI=1S/C18H19NO5S/c1-3-10-19(14-4-6-15(22-2)7-5-14)25(20,21)16-8-9-17-18(13-16)24-12-11-23-17/h3-9,13H,1,10-12H2,2H3. The molecule has 0 unspecified atom stereocenters. The van der Waals surface area contributed by atoms with Crippen molar-refractivity contribution in [2.45, 2.75) is 4.90 Å². The van der Waals surface area contributed by atoms with E-state index in [2.05, 4.69) is 6.58 Å². The Labute approximate surface area is 147 Å². The van der Waals surface area contributed by atoms with Gasteiger partial charge in [-0.15, -0.1) is 6.58 Å². The van der Waals surface area contributed by atoms with Crippen molar-refractivity contribution in [2.24, 2.45) is 0 Å². The van der Waals surface area contributed by atoms with Crippen LogP contribution in [0.4, 0.5) is 5.69 Å². The van der Waals surface area contributed by atoms with Crippen molar-refractivity contribution in [3.8, 4) is 17.2 Å². The lowest BCUT2D eigenvalue weighted by Crippen LogP contribution is -2.31. The van der Waals surface area contributed by atoms with E-state index >= 15 is 0 Å². The zero-order chi connectivity index (χ0) is 17.9. The molecule has 1 heterocycles. The second-order valence-corrected chi connectivity index (χ2v) is 7.19. The van der Waals surface area contributed by atoms with Crippen molar-refractivity contribution < 1.29 is 22.6 Å². The molecule has 7 heteroatoms. The summed E-state index contributed by atoms with van der Waals surface area (Å²) >= 11 is 0. The van der Waals surface area contributed by atoms with E-state index < -0.39 is 10.0 Å². The highest BCUT2D eigenvalue weighted by atomic mass is 32.2. The highest BCUT2D eigenvalue weighted by Crippen LogP contribution is 2.34. The molecule has 1 aliphatic rings. The topological polar surface area (TPSA) is 65.1 Å². The molecule has 0 aliphatic carbocycles. The van der Waals surface area contributed by atoms with Gasteiger partial charge < -0.3 is 14.2 Å². The Morgan fingerprint density at radius 2 is 1.80 bits per heavy atom. The summed E-state index contributed by atoms with van der Waals surface area (Å²) in [5.41, 5.74) is 0.524. The van der Waals surface area contributed by atoms with Gasteiger partial charge >= 0.3 is 0 Å². The third-order valence-electron chi connectivity index (χ3n) is 3.76. The summed E-state index contributed by atoms with van der Waals surface area (Å²) in [4.78, 5) is 0.134. The Balaban J connectivity index is 2.00. The third kappa shape index (κ3) is 3.41. The van der Waals surface area contributed by atoms with Crippen LogP contribution in [0.1, 0.15) is 0 Å². The summed E-state index contributed by atoms with van der Waals surface area (Å²) in [7, 11) is -2.23. The van der Waals surface area contributed by atoms with Crippen LogP contribution >= 0.6 is 0 Å². The SMILES string of the molecule is C=CCN(c1ccc(OC)cc1)S(=O)(=O)c1ccc2c(c1)OCCO2. The highest BCUT2D eigenvalue weighted by molar-refractivity contribution is 7.92. The average Bonchev–Trinajstić information content (AvgIpc) is 2.65. The number of hydrogen-bond acceptors (Lipinski definition) is 5. The van der Waals surface area contributed by atoms with Gasteiger partial charge in [0.2, 0.25) is 0 Å². The molecule has 2 aromatic rings. The molecule has 0 saturated carbocycles. The Hall–Kier alpha value is -2.67. The van der Waals surface area contributed by atoms with E-state index in [-0.39, 0.29) is 11.4 Å². The number of benzene rings is 2. The maximum atomic E-state index is 13.1. The first-order valence-electron chi connectivity index (χ1n) is 7.73. The van der Waals surface area contributed by atoms with Gasteiger partial charge in [0.15, 0.2) is 11.5 Å². The minimum atomic E-state index is -3.78. The fourth-order valence-electron chi connectivity index (χ4n) is 2.52. The van der Waals surface area contributed by atoms with Crippen LogP contribution in [0.15, 0.2) is 60.0 Å². The van der Waals surface area contributed by atoms with Crippen molar-refractivity contribution in [1.29, 1.82) is 0 Å². The Bertz CT molecular complexity index is 862. The summed E-state index contributed by atoms with van der Waals surface area (Å²) in [6.45, 7) is 4.65. The molecule has 0 N–H and O–H groups in total. The average molecular weight is 361 g/mol. The van der Waals surface area contributed by atoms with E-state index in [0.717, 1.165) is 0 Å². The molecule has 0 fully saturated rings. The van der Waals surface area contributed by atoms with E-state index in [9.17, 15) is 8.42 Å². The monoisotopic (exact) mass is 361 g/mol. The summed E-state index contributed by atoms with van der Waals surface area (Å²) < 4.78 is 43.6. The van der Waals surface area contributed by atoms with E-state index in [1.54, 1.807) is 43.5 Å².